The van der Waals surface area contributed by atoms with Crippen LogP contribution < -0.4 is 10.6 Å². The molecule has 1 aromatic rings. The molecule has 1 aromatic heterocycles. The highest BCUT2D eigenvalue weighted by Gasteiger charge is 2.23. The smallest absolute Gasteiger partial charge is 0.410 e. The summed E-state index contributed by atoms with van der Waals surface area (Å²) in [6, 6.07) is 0. The van der Waals surface area contributed by atoms with Crippen LogP contribution in [0, 0.1) is 0 Å². The van der Waals surface area contributed by atoms with Crippen LogP contribution in [-0.4, -0.2) is 58.7 Å². The lowest BCUT2D eigenvalue weighted by Crippen LogP contribution is -2.50. The molecule has 1 saturated heterocycles. The molecule has 0 aliphatic carbocycles. The Kier molecular flexibility index (Phi) is 7.17. The molecule has 0 bridgehead atoms. The van der Waals surface area contributed by atoms with Crippen LogP contribution >= 0.6 is 0 Å². The summed E-state index contributed by atoms with van der Waals surface area (Å²) < 4.78 is 5.15. The topological polar surface area (TPSA) is 126 Å². The van der Waals surface area contributed by atoms with E-state index in [9.17, 15) is 14.4 Å². The van der Waals surface area contributed by atoms with Gasteiger partial charge in [0.1, 0.15) is 18.8 Å². The number of allylic oxidation sites excluding steroid dienone is 2. The number of nitrogens with one attached hydrogen (secondary N) is 2. The minimum Gasteiger partial charge on any atom is -0.443 e. The van der Waals surface area contributed by atoms with Gasteiger partial charge in [-0.2, -0.15) is 0 Å². The van der Waals surface area contributed by atoms with E-state index in [1.165, 1.54) is 29.8 Å². The number of hydrogen-bond acceptors (Lipinski definition) is 7. The highest BCUT2D eigenvalue weighted by Crippen LogP contribution is 2.06. The first-order chi connectivity index (χ1) is 13.0. The van der Waals surface area contributed by atoms with Gasteiger partial charge in [0.2, 0.25) is 5.91 Å². The first-order valence-electron chi connectivity index (χ1n) is 8.11. The van der Waals surface area contributed by atoms with Crippen molar-refractivity contribution in [3.05, 3.63) is 48.2 Å². The van der Waals surface area contributed by atoms with Crippen molar-refractivity contribution in [1.82, 2.24) is 25.5 Å². The van der Waals surface area contributed by atoms with Crippen LogP contribution in [-0.2, 0) is 16.1 Å². The Hall–Kier alpha value is -3.56. The van der Waals surface area contributed by atoms with Crippen LogP contribution in [0.15, 0.2) is 41.8 Å². The summed E-state index contributed by atoms with van der Waals surface area (Å²) in [6.45, 7) is 5.81. The standard InChI is InChI=1S/C17H20N6O4/c1-3-12(2)8-18-11-22-16(25)15-13(19-4-5-21-15)10-27-17(26)23-7-6-20-14(24)9-23/h3-5,8,11H,1,6-7,9-10H2,2H3,(H,20,24)(H,18,22,25)/b12-8-. The first kappa shape index (κ1) is 19.8. The number of ether oxygens (including phenoxy) is 1. The second kappa shape index (κ2) is 9.80. The van der Waals surface area contributed by atoms with Crippen molar-refractivity contribution < 1.29 is 19.1 Å². The van der Waals surface area contributed by atoms with E-state index in [1.807, 2.05) is 6.92 Å². The Labute approximate surface area is 156 Å². The molecule has 0 radical (unpaired) electrons. The van der Waals surface area contributed by atoms with Crippen molar-refractivity contribution in [1.29, 1.82) is 0 Å². The number of aliphatic imine (C=N–C) groups is 1. The molecule has 27 heavy (non-hydrogen) atoms. The molecule has 3 amide bonds. The number of amides is 3. The molecule has 1 aliphatic rings. The molecule has 1 fully saturated rings. The largest absolute Gasteiger partial charge is 0.443 e. The van der Waals surface area contributed by atoms with Gasteiger partial charge >= 0.3 is 6.09 Å². The molecule has 1 aliphatic heterocycles. The van der Waals surface area contributed by atoms with Gasteiger partial charge in [-0.05, 0) is 12.5 Å². The van der Waals surface area contributed by atoms with E-state index in [0.717, 1.165) is 5.57 Å². The average molecular weight is 372 g/mol. The average Bonchev–Trinajstić information content (AvgIpc) is 2.69. The number of hydrogen-bond donors (Lipinski definition) is 2. The molecule has 2 N–H and O–H groups in total. The van der Waals surface area contributed by atoms with Gasteiger partial charge in [0.15, 0.2) is 5.69 Å². The molecule has 10 nitrogen and oxygen atoms in total. The Bertz CT molecular complexity index is 789. The fourth-order valence-corrected chi connectivity index (χ4v) is 2.05. The van der Waals surface area contributed by atoms with Crippen LogP contribution in [0.2, 0.25) is 0 Å². The van der Waals surface area contributed by atoms with E-state index in [4.69, 9.17) is 4.74 Å². The van der Waals surface area contributed by atoms with Gasteiger partial charge < -0.3 is 15.4 Å². The van der Waals surface area contributed by atoms with E-state index in [2.05, 4.69) is 32.2 Å². The van der Waals surface area contributed by atoms with Crippen molar-refractivity contribution >= 4 is 24.2 Å². The number of aromatic nitrogens is 2. The quantitative estimate of drug-likeness (QED) is 0.423. The first-order valence-corrected chi connectivity index (χ1v) is 8.11. The van der Waals surface area contributed by atoms with Gasteiger partial charge in [0, 0.05) is 31.7 Å². The predicted molar refractivity (Wildman–Crippen MR) is 96.7 cm³/mol. The van der Waals surface area contributed by atoms with Gasteiger partial charge in [0.25, 0.3) is 5.91 Å². The number of carbonyl (C=O) groups excluding carboxylic acids is 3. The molecular formula is C17H20N6O4. The van der Waals surface area contributed by atoms with E-state index in [-0.39, 0.29) is 30.4 Å². The van der Waals surface area contributed by atoms with Gasteiger partial charge in [0.05, 0.1) is 6.34 Å². The molecule has 0 saturated carbocycles. The highest BCUT2D eigenvalue weighted by atomic mass is 16.6. The monoisotopic (exact) mass is 372 g/mol. The molecule has 142 valence electrons. The maximum absolute atomic E-state index is 12.2. The molecule has 10 heteroatoms. The zero-order chi connectivity index (χ0) is 19.6. The molecule has 0 unspecified atom stereocenters. The Balaban J connectivity index is 1.96. The predicted octanol–water partition coefficient (Wildman–Crippen LogP) is 0.393. The molecule has 2 heterocycles. The Morgan fingerprint density at radius 3 is 2.96 bits per heavy atom. The van der Waals surface area contributed by atoms with Gasteiger partial charge in [-0.3, -0.25) is 19.5 Å². The van der Waals surface area contributed by atoms with Crippen molar-refractivity contribution in [2.45, 2.75) is 13.5 Å². The highest BCUT2D eigenvalue weighted by molar-refractivity contribution is 5.99. The van der Waals surface area contributed by atoms with E-state index < -0.39 is 12.0 Å². The summed E-state index contributed by atoms with van der Waals surface area (Å²) in [7, 11) is 0. The number of rotatable bonds is 6. The van der Waals surface area contributed by atoms with Crippen molar-refractivity contribution in [2.24, 2.45) is 4.99 Å². The summed E-state index contributed by atoms with van der Waals surface area (Å²) in [5, 5.41) is 5.07. The van der Waals surface area contributed by atoms with Crippen LogP contribution in [0.3, 0.4) is 0 Å². The van der Waals surface area contributed by atoms with E-state index in [1.54, 1.807) is 6.08 Å². The Morgan fingerprint density at radius 2 is 2.22 bits per heavy atom. The fourth-order valence-electron chi connectivity index (χ4n) is 2.05. The SMILES string of the molecule is C=C/C(C)=C\N=CNC(=O)c1nccnc1COC(=O)N1CCNC(=O)C1. The zero-order valence-electron chi connectivity index (χ0n) is 14.8. The summed E-state index contributed by atoms with van der Waals surface area (Å²) in [4.78, 5) is 48.8. The summed E-state index contributed by atoms with van der Waals surface area (Å²) >= 11 is 0. The minimum absolute atomic E-state index is 0.0116. The third-order valence-electron chi connectivity index (χ3n) is 3.49. The van der Waals surface area contributed by atoms with E-state index in [0.29, 0.717) is 13.1 Å². The lowest BCUT2D eigenvalue weighted by Gasteiger charge is -2.25. The normalized spacial score (nSPS) is 14.6. The van der Waals surface area contributed by atoms with Gasteiger partial charge in [-0.25, -0.2) is 14.8 Å². The van der Waals surface area contributed by atoms with Gasteiger partial charge in [-0.15, -0.1) is 0 Å². The third-order valence-corrected chi connectivity index (χ3v) is 3.49. The molecule has 0 spiro atoms. The molecule has 0 aromatic carbocycles. The minimum atomic E-state index is -0.659. The lowest BCUT2D eigenvalue weighted by molar-refractivity contribution is -0.123. The van der Waals surface area contributed by atoms with Crippen LogP contribution in [0.5, 0.6) is 0 Å². The summed E-state index contributed by atoms with van der Waals surface area (Å²) in [5.74, 6) is -0.794. The lowest BCUT2D eigenvalue weighted by atomic mass is 10.3. The van der Waals surface area contributed by atoms with Gasteiger partial charge in [-0.1, -0.05) is 12.7 Å². The molecule has 0 atom stereocenters. The van der Waals surface area contributed by atoms with Crippen molar-refractivity contribution in [3.63, 3.8) is 0 Å². The number of carbonyl (C=O) groups is 3. The third kappa shape index (κ3) is 6.03. The Morgan fingerprint density at radius 1 is 1.44 bits per heavy atom. The summed E-state index contributed by atoms with van der Waals surface area (Å²) in [6.07, 6.45) is 6.45. The van der Waals surface area contributed by atoms with Crippen LogP contribution in [0.4, 0.5) is 4.79 Å². The zero-order valence-corrected chi connectivity index (χ0v) is 14.8. The maximum atomic E-state index is 12.2. The molecular weight excluding hydrogens is 352 g/mol. The number of piperazine rings is 1. The van der Waals surface area contributed by atoms with Crippen molar-refractivity contribution in [2.75, 3.05) is 19.6 Å². The second-order valence-corrected chi connectivity index (χ2v) is 5.51. The second-order valence-electron chi connectivity index (χ2n) is 5.51. The van der Waals surface area contributed by atoms with Crippen LogP contribution in [0.25, 0.3) is 0 Å². The van der Waals surface area contributed by atoms with E-state index >= 15 is 0 Å². The van der Waals surface area contributed by atoms with Crippen molar-refractivity contribution in [3.8, 4) is 0 Å². The fraction of sp³-hybridized carbons (Fsp3) is 0.294. The van der Waals surface area contributed by atoms with Crippen LogP contribution in [0.1, 0.15) is 23.1 Å². The number of nitrogens with zero attached hydrogens (tertiary/aromatic N) is 4. The summed E-state index contributed by atoms with van der Waals surface area (Å²) in [5.41, 5.74) is 1.03. The molecule has 2 rings (SSSR count). The maximum Gasteiger partial charge on any atom is 0.410 e.